The molecule has 142 valence electrons. The number of halogens is 2. The highest BCUT2D eigenvalue weighted by molar-refractivity contribution is 7.91. The smallest absolute Gasteiger partial charge is 0.341 e. The molecule has 0 bridgehead atoms. The molecule has 26 heavy (non-hydrogen) atoms. The summed E-state index contributed by atoms with van der Waals surface area (Å²) in [6, 6.07) is 5.52. The van der Waals surface area contributed by atoms with E-state index in [2.05, 4.69) is 9.88 Å². The summed E-state index contributed by atoms with van der Waals surface area (Å²) in [6.45, 7) is 1.38. The predicted molar refractivity (Wildman–Crippen MR) is 92.7 cm³/mol. The summed E-state index contributed by atoms with van der Waals surface area (Å²) in [5.41, 5.74) is 0.781. The molecule has 1 unspecified atom stereocenters. The molecule has 0 saturated carbocycles. The molecule has 9 heteroatoms. The van der Waals surface area contributed by atoms with Crippen molar-refractivity contribution in [2.75, 3.05) is 18.0 Å². The lowest BCUT2D eigenvalue weighted by atomic mass is 9.90. The highest BCUT2D eigenvalue weighted by Crippen LogP contribution is 2.32. The molecule has 1 fully saturated rings. The van der Waals surface area contributed by atoms with Crippen LogP contribution in [0.3, 0.4) is 0 Å². The molecule has 1 saturated heterocycles. The Labute approximate surface area is 151 Å². The summed E-state index contributed by atoms with van der Waals surface area (Å²) < 4.78 is 49.9. The van der Waals surface area contributed by atoms with Gasteiger partial charge < -0.3 is 14.6 Å². The van der Waals surface area contributed by atoms with Gasteiger partial charge in [0, 0.05) is 38.2 Å². The molecular weight excluding hydrogens is 364 g/mol. The molecule has 0 spiro atoms. The van der Waals surface area contributed by atoms with Crippen molar-refractivity contribution in [2.24, 2.45) is 13.0 Å². The molecule has 3 rings (SSSR count). The zero-order valence-electron chi connectivity index (χ0n) is 14.3. The number of aryl methyl sites for hydroxylation is 1. The minimum atomic E-state index is -4.57. The predicted octanol–water partition coefficient (Wildman–Crippen LogP) is 2.37. The second kappa shape index (κ2) is 7.32. The van der Waals surface area contributed by atoms with Crippen LogP contribution in [0.15, 0.2) is 41.6 Å². The highest BCUT2D eigenvalue weighted by Gasteiger charge is 2.29. The van der Waals surface area contributed by atoms with Crippen molar-refractivity contribution < 1.29 is 22.3 Å². The van der Waals surface area contributed by atoms with E-state index in [-0.39, 0.29) is 10.8 Å². The maximum Gasteiger partial charge on any atom is 0.341 e. The Hall–Kier alpha value is -2.00. The van der Waals surface area contributed by atoms with Crippen LogP contribution in [0.25, 0.3) is 0 Å². The number of aliphatic hydroxyl groups excluding tert-OH is 1. The first-order chi connectivity index (χ1) is 12.3. The molecule has 6 nitrogen and oxygen atoms in total. The number of piperidine rings is 1. The fraction of sp³-hybridized carbons (Fsp3) is 0.471. The molecule has 1 aliphatic rings. The molecule has 0 amide bonds. The van der Waals surface area contributed by atoms with Gasteiger partial charge in [-0.2, -0.15) is 8.78 Å². The summed E-state index contributed by atoms with van der Waals surface area (Å²) in [7, 11) is -2.72. The summed E-state index contributed by atoms with van der Waals surface area (Å²) in [5.74, 6) is -2.69. The zero-order chi connectivity index (χ0) is 18.9. The second-order valence-electron chi connectivity index (χ2n) is 6.47. The van der Waals surface area contributed by atoms with Gasteiger partial charge in [-0.15, -0.1) is 0 Å². The number of aliphatic hydroxyl groups is 1. The molecule has 2 heterocycles. The number of hydrogen-bond donors (Lipinski definition) is 1. The Morgan fingerprint density at radius 2 is 1.81 bits per heavy atom. The Morgan fingerprint density at radius 1 is 1.19 bits per heavy atom. The van der Waals surface area contributed by atoms with E-state index in [4.69, 9.17) is 0 Å². The minimum Gasteiger partial charge on any atom is -0.385 e. The number of aromatic nitrogens is 2. The molecule has 1 atom stereocenters. The molecule has 2 aromatic rings. The number of benzene rings is 1. The van der Waals surface area contributed by atoms with Crippen molar-refractivity contribution in [1.82, 2.24) is 9.55 Å². The van der Waals surface area contributed by atoms with Crippen molar-refractivity contribution in [1.29, 1.82) is 0 Å². The molecule has 0 aliphatic carbocycles. The van der Waals surface area contributed by atoms with Gasteiger partial charge in [-0.25, -0.2) is 13.4 Å². The molecular formula is C17H21F2N3O3S. The van der Waals surface area contributed by atoms with Crippen LogP contribution >= 0.6 is 0 Å². The zero-order valence-corrected chi connectivity index (χ0v) is 15.1. The number of alkyl halides is 2. The molecule has 0 radical (unpaired) electrons. The molecule has 1 aromatic carbocycles. The van der Waals surface area contributed by atoms with Crippen molar-refractivity contribution in [3.8, 4) is 0 Å². The standard InChI is InChI=1S/C17H21F2N3O3S/c1-21-11-8-20-16(21)15(23)12-6-9-22(10-7-12)13-2-4-14(5-3-13)26(24,25)17(18)19/h2-5,8,11-12,15,17,23H,6-7,9-10H2,1H3. The van der Waals surface area contributed by atoms with Crippen LogP contribution in [0.5, 0.6) is 0 Å². The SMILES string of the molecule is Cn1ccnc1C(O)C1CCN(c2ccc(S(=O)(=O)C(F)F)cc2)CC1. The number of hydrogen-bond acceptors (Lipinski definition) is 5. The Kier molecular flexibility index (Phi) is 5.29. The summed E-state index contributed by atoms with van der Waals surface area (Å²) in [6.07, 6.45) is 4.33. The van der Waals surface area contributed by atoms with Gasteiger partial charge in [-0.05, 0) is 43.0 Å². The van der Waals surface area contributed by atoms with Crippen molar-refractivity contribution >= 4 is 15.5 Å². The number of sulfone groups is 1. The van der Waals surface area contributed by atoms with E-state index >= 15 is 0 Å². The number of nitrogens with zero attached hydrogens (tertiary/aromatic N) is 3. The van der Waals surface area contributed by atoms with E-state index in [9.17, 15) is 22.3 Å². The van der Waals surface area contributed by atoms with E-state index in [0.29, 0.717) is 18.9 Å². The minimum absolute atomic E-state index is 0.0887. The average molecular weight is 385 g/mol. The van der Waals surface area contributed by atoms with Crippen molar-refractivity contribution in [3.05, 3.63) is 42.5 Å². The van der Waals surface area contributed by atoms with E-state index in [1.54, 1.807) is 29.1 Å². The fourth-order valence-electron chi connectivity index (χ4n) is 3.30. The van der Waals surface area contributed by atoms with Crippen LogP contribution in [0.4, 0.5) is 14.5 Å². The normalized spacial score (nSPS) is 17.7. The topological polar surface area (TPSA) is 75.4 Å². The molecule has 1 N–H and O–H groups in total. The third-order valence-corrected chi connectivity index (χ3v) is 6.27. The van der Waals surface area contributed by atoms with Crippen LogP contribution in [-0.4, -0.2) is 41.9 Å². The number of rotatable bonds is 5. The number of anilines is 1. The number of imidazole rings is 1. The Morgan fingerprint density at radius 3 is 2.31 bits per heavy atom. The van der Waals surface area contributed by atoms with Crippen LogP contribution in [0.2, 0.25) is 0 Å². The van der Waals surface area contributed by atoms with E-state index in [0.717, 1.165) is 18.5 Å². The Balaban J connectivity index is 1.64. The van der Waals surface area contributed by atoms with E-state index < -0.39 is 21.7 Å². The highest BCUT2D eigenvalue weighted by atomic mass is 32.2. The van der Waals surface area contributed by atoms with E-state index in [1.165, 1.54) is 12.1 Å². The van der Waals surface area contributed by atoms with Gasteiger partial charge in [-0.1, -0.05) is 0 Å². The maximum absolute atomic E-state index is 12.6. The largest absolute Gasteiger partial charge is 0.385 e. The summed E-state index contributed by atoms with van der Waals surface area (Å²) in [5, 5.41) is 10.5. The van der Waals surface area contributed by atoms with Crippen LogP contribution in [0, 0.1) is 5.92 Å². The molecule has 1 aromatic heterocycles. The summed E-state index contributed by atoms with van der Waals surface area (Å²) in [4.78, 5) is 5.87. The third-order valence-electron chi connectivity index (χ3n) is 4.87. The first-order valence-electron chi connectivity index (χ1n) is 8.33. The van der Waals surface area contributed by atoms with Gasteiger partial charge in [0.2, 0.25) is 9.84 Å². The monoisotopic (exact) mass is 385 g/mol. The lowest BCUT2D eigenvalue weighted by Gasteiger charge is -2.35. The van der Waals surface area contributed by atoms with Gasteiger partial charge >= 0.3 is 5.76 Å². The van der Waals surface area contributed by atoms with Crippen LogP contribution in [-0.2, 0) is 16.9 Å². The maximum atomic E-state index is 12.6. The lowest BCUT2D eigenvalue weighted by Crippen LogP contribution is -2.36. The van der Waals surface area contributed by atoms with Crippen molar-refractivity contribution in [2.45, 2.75) is 29.6 Å². The lowest BCUT2D eigenvalue weighted by molar-refractivity contribution is 0.0825. The van der Waals surface area contributed by atoms with E-state index in [1.807, 2.05) is 7.05 Å². The first-order valence-corrected chi connectivity index (χ1v) is 9.87. The molecule has 1 aliphatic heterocycles. The summed E-state index contributed by atoms with van der Waals surface area (Å²) >= 11 is 0. The Bertz CT molecular complexity index is 844. The van der Waals surface area contributed by atoms with Gasteiger partial charge in [0.05, 0.1) is 4.90 Å². The van der Waals surface area contributed by atoms with Gasteiger partial charge in [0.1, 0.15) is 11.9 Å². The second-order valence-corrected chi connectivity index (χ2v) is 8.38. The third kappa shape index (κ3) is 3.59. The van der Waals surface area contributed by atoms with Gasteiger partial charge in [0.15, 0.2) is 0 Å². The first kappa shape index (κ1) is 18.8. The van der Waals surface area contributed by atoms with Crippen molar-refractivity contribution in [3.63, 3.8) is 0 Å². The fourth-order valence-corrected chi connectivity index (χ4v) is 4.02. The average Bonchev–Trinajstić information content (AvgIpc) is 3.07. The van der Waals surface area contributed by atoms with Crippen LogP contribution in [0.1, 0.15) is 24.8 Å². The quantitative estimate of drug-likeness (QED) is 0.855. The van der Waals surface area contributed by atoms with Gasteiger partial charge in [-0.3, -0.25) is 0 Å². The van der Waals surface area contributed by atoms with Gasteiger partial charge in [0.25, 0.3) is 0 Å². The van der Waals surface area contributed by atoms with Crippen LogP contribution < -0.4 is 4.90 Å².